The maximum absolute atomic E-state index is 14.5. The molecule has 3 heterocycles. The van der Waals surface area contributed by atoms with Gasteiger partial charge in [-0.2, -0.15) is 18.3 Å². The number of para-hydroxylation sites is 1. The summed E-state index contributed by atoms with van der Waals surface area (Å²) < 4.78 is 57.2. The minimum atomic E-state index is -4.53. The van der Waals surface area contributed by atoms with Crippen LogP contribution in [0.1, 0.15) is 48.2 Å². The molecule has 1 saturated heterocycles. The number of hydrogen-bond acceptors (Lipinski definition) is 3. The van der Waals surface area contributed by atoms with Gasteiger partial charge >= 0.3 is 12.2 Å². The van der Waals surface area contributed by atoms with Crippen molar-refractivity contribution in [3.05, 3.63) is 76.9 Å². The van der Waals surface area contributed by atoms with Crippen LogP contribution in [0.15, 0.2) is 48.7 Å². The third kappa shape index (κ3) is 4.53. The van der Waals surface area contributed by atoms with Crippen molar-refractivity contribution in [2.24, 2.45) is 7.05 Å². The number of fused-ring (bicyclic) bond motifs is 1. The number of piperidine rings is 1. The number of nitrogens with zero attached hydrogens (tertiary/aromatic N) is 5. The first-order valence-corrected chi connectivity index (χ1v) is 12.3. The summed E-state index contributed by atoms with van der Waals surface area (Å²) in [4.78, 5) is 19.0. The third-order valence-corrected chi connectivity index (χ3v) is 7.41. The lowest BCUT2D eigenvalue weighted by Gasteiger charge is -2.46. The number of hydrogen-bond donors (Lipinski definition) is 0. The van der Waals surface area contributed by atoms with Crippen LogP contribution in [0.2, 0.25) is 0 Å². The molecule has 0 aliphatic carbocycles. The molecule has 2 amide bonds. The molecule has 5 rings (SSSR count). The fourth-order valence-corrected chi connectivity index (χ4v) is 5.66. The first kappa shape index (κ1) is 25.1. The Labute approximate surface area is 213 Å². The highest BCUT2D eigenvalue weighted by molar-refractivity contribution is 5.95. The highest BCUT2D eigenvalue weighted by Gasteiger charge is 2.43. The zero-order valence-electron chi connectivity index (χ0n) is 21.0. The molecule has 1 fully saturated rings. The lowest BCUT2D eigenvalue weighted by atomic mass is 9.97. The predicted octanol–water partition coefficient (Wildman–Crippen LogP) is 6.06. The van der Waals surface area contributed by atoms with E-state index in [1.165, 1.54) is 23.1 Å². The van der Waals surface area contributed by atoms with E-state index < -0.39 is 11.7 Å². The highest BCUT2D eigenvalue weighted by Crippen LogP contribution is 2.41. The summed E-state index contributed by atoms with van der Waals surface area (Å²) in [6.07, 6.45) is -1.63. The smallest absolute Gasteiger partial charge is 0.369 e. The second kappa shape index (κ2) is 9.39. The van der Waals surface area contributed by atoms with Gasteiger partial charge in [0.15, 0.2) is 0 Å². The van der Waals surface area contributed by atoms with Crippen LogP contribution in [0, 0.1) is 12.7 Å². The van der Waals surface area contributed by atoms with Crippen molar-refractivity contribution >= 4 is 17.4 Å². The second-order valence-corrected chi connectivity index (χ2v) is 9.80. The number of rotatable bonds is 4. The van der Waals surface area contributed by atoms with Crippen molar-refractivity contribution < 1.29 is 22.4 Å². The van der Waals surface area contributed by atoms with E-state index in [2.05, 4.69) is 5.10 Å². The summed E-state index contributed by atoms with van der Waals surface area (Å²) in [5.74, 6) is -0.270. The molecule has 2 aliphatic heterocycles. The molecule has 0 N–H and O–H groups in total. The van der Waals surface area contributed by atoms with Crippen molar-refractivity contribution in [3.63, 3.8) is 0 Å². The van der Waals surface area contributed by atoms with E-state index in [0.717, 1.165) is 11.6 Å². The molecule has 1 atom stereocenters. The van der Waals surface area contributed by atoms with E-state index in [1.807, 2.05) is 24.8 Å². The standard InChI is InChI=1S/C27H29F4N5O/c1-17-7-6-10-22(28)25(17)34-13-11-20(12-14-34)36-18(2)24-23(16-33(3)32-24)35(26(36)37)15-19-8-4-5-9-21(19)27(29,30)31/h4-10,16,18,20H,11-15H2,1-3H3/t18-/m1/s1. The van der Waals surface area contributed by atoms with Crippen LogP contribution in [0.3, 0.4) is 0 Å². The van der Waals surface area contributed by atoms with Crippen LogP contribution in [0.5, 0.6) is 0 Å². The minimum Gasteiger partial charge on any atom is -0.369 e. The fourth-order valence-electron chi connectivity index (χ4n) is 5.66. The molecule has 0 bridgehead atoms. The first-order valence-electron chi connectivity index (χ1n) is 12.3. The molecule has 0 spiro atoms. The quantitative estimate of drug-likeness (QED) is 0.397. The number of aryl methyl sites for hydroxylation is 2. The van der Waals surface area contributed by atoms with E-state index in [1.54, 1.807) is 35.0 Å². The Morgan fingerprint density at radius 2 is 1.76 bits per heavy atom. The Balaban J connectivity index is 1.43. The van der Waals surface area contributed by atoms with Crippen LogP contribution >= 0.6 is 0 Å². The summed E-state index contributed by atoms with van der Waals surface area (Å²) >= 11 is 0. The average Bonchev–Trinajstić information content (AvgIpc) is 3.24. The maximum Gasteiger partial charge on any atom is 0.416 e. The van der Waals surface area contributed by atoms with Gasteiger partial charge in [0, 0.05) is 32.4 Å². The maximum atomic E-state index is 14.5. The fraction of sp³-hybridized carbons (Fsp3) is 0.407. The van der Waals surface area contributed by atoms with Gasteiger partial charge in [-0.05, 0) is 49.9 Å². The minimum absolute atomic E-state index is 0.0255. The molecule has 10 heteroatoms. The average molecular weight is 516 g/mol. The summed E-state index contributed by atoms with van der Waals surface area (Å²) in [5.41, 5.74) is 1.88. The Kier molecular flexibility index (Phi) is 6.37. The van der Waals surface area contributed by atoms with Gasteiger partial charge in [0.05, 0.1) is 29.5 Å². The highest BCUT2D eigenvalue weighted by atomic mass is 19.4. The van der Waals surface area contributed by atoms with Gasteiger partial charge in [-0.25, -0.2) is 9.18 Å². The number of alkyl halides is 3. The molecule has 1 aromatic heterocycles. The van der Waals surface area contributed by atoms with Gasteiger partial charge in [-0.1, -0.05) is 30.3 Å². The van der Waals surface area contributed by atoms with E-state index in [9.17, 15) is 22.4 Å². The zero-order valence-corrected chi connectivity index (χ0v) is 21.0. The van der Waals surface area contributed by atoms with Gasteiger partial charge in [-0.15, -0.1) is 0 Å². The lowest BCUT2D eigenvalue weighted by molar-refractivity contribution is -0.138. The molecular weight excluding hydrogens is 486 g/mol. The van der Waals surface area contributed by atoms with Gasteiger partial charge in [-0.3, -0.25) is 9.58 Å². The summed E-state index contributed by atoms with van der Waals surface area (Å²) in [5, 5.41) is 4.56. The van der Waals surface area contributed by atoms with Crippen LogP contribution in [-0.4, -0.2) is 39.8 Å². The number of benzene rings is 2. The lowest BCUT2D eigenvalue weighted by Crippen LogP contribution is -2.55. The first-order chi connectivity index (χ1) is 17.6. The summed E-state index contributed by atoms with van der Waals surface area (Å²) in [6, 6.07) is 9.51. The van der Waals surface area contributed by atoms with E-state index in [0.29, 0.717) is 43.0 Å². The molecule has 6 nitrogen and oxygen atoms in total. The second-order valence-electron chi connectivity index (χ2n) is 9.80. The Bertz CT molecular complexity index is 1290. The van der Waals surface area contributed by atoms with Crippen LogP contribution < -0.4 is 9.80 Å². The number of carbonyl (C=O) groups is 1. The van der Waals surface area contributed by atoms with Crippen LogP contribution in [0.4, 0.5) is 33.7 Å². The SMILES string of the molecule is Cc1cccc(F)c1N1CCC(N2C(=O)N(Cc3ccccc3C(F)(F)F)c3cn(C)nc3[C@H]2C)CC1. The summed E-state index contributed by atoms with van der Waals surface area (Å²) in [7, 11) is 1.73. The number of anilines is 2. The van der Waals surface area contributed by atoms with Crippen molar-refractivity contribution in [3.8, 4) is 0 Å². The third-order valence-electron chi connectivity index (χ3n) is 7.41. The zero-order chi connectivity index (χ0) is 26.5. The summed E-state index contributed by atoms with van der Waals surface area (Å²) in [6.45, 7) is 4.69. The van der Waals surface area contributed by atoms with Gasteiger partial charge < -0.3 is 9.80 Å². The Morgan fingerprint density at radius 3 is 2.43 bits per heavy atom. The number of urea groups is 1. The largest absolute Gasteiger partial charge is 0.416 e. The molecular formula is C27H29F4N5O. The molecule has 37 heavy (non-hydrogen) atoms. The molecule has 2 aliphatic rings. The number of carbonyl (C=O) groups excluding carboxylic acids is 1. The van der Waals surface area contributed by atoms with Gasteiger partial charge in [0.2, 0.25) is 0 Å². The monoisotopic (exact) mass is 515 g/mol. The molecule has 0 unspecified atom stereocenters. The topological polar surface area (TPSA) is 44.6 Å². The molecule has 196 valence electrons. The molecule has 0 saturated carbocycles. The van der Waals surface area contributed by atoms with Crippen molar-refractivity contribution in [2.45, 2.75) is 51.5 Å². The number of halogens is 4. The van der Waals surface area contributed by atoms with Crippen LogP contribution in [0.25, 0.3) is 0 Å². The van der Waals surface area contributed by atoms with E-state index in [4.69, 9.17) is 0 Å². The number of amides is 2. The van der Waals surface area contributed by atoms with Crippen molar-refractivity contribution in [1.82, 2.24) is 14.7 Å². The van der Waals surface area contributed by atoms with Gasteiger partial charge in [0.25, 0.3) is 0 Å². The van der Waals surface area contributed by atoms with E-state index in [-0.39, 0.29) is 36.0 Å². The van der Waals surface area contributed by atoms with Crippen molar-refractivity contribution in [2.75, 3.05) is 22.9 Å². The van der Waals surface area contributed by atoms with Gasteiger partial charge in [0.1, 0.15) is 11.5 Å². The van der Waals surface area contributed by atoms with E-state index >= 15 is 0 Å². The normalized spacial score (nSPS) is 18.9. The van der Waals surface area contributed by atoms with Crippen LogP contribution in [-0.2, 0) is 19.8 Å². The Hall–Kier alpha value is -3.56. The molecule has 0 radical (unpaired) electrons. The predicted molar refractivity (Wildman–Crippen MR) is 133 cm³/mol. The Morgan fingerprint density at radius 1 is 1.05 bits per heavy atom. The van der Waals surface area contributed by atoms with Crippen molar-refractivity contribution in [1.29, 1.82) is 0 Å². The molecule has 3 aromatic rings. The number of aromatic nitrogens is 2. The molecule has 2 aromatic carbocycles.